The molecule has 0 saturated carbocycles. The zero-order valence-electron chi connectivity index (χ0n) is 9.17. The Bertz CT molecular complexity index is 561. The highest BCUT2D eigenvalue weighted by atomic mass is 35.5. The predicted molar refractivity (Wildman–Crippen MR) is 57.7 cm³/mol. The first kappa shape index (κ1) is 16.1. The molecule has 0 aliphatic heterocycles. The summed E-state index contributed by atoms with van der Waals surface area (Å²) in [6, 6.07) is 2.21. The smallest absolute Gasteiger partial charge is 0.320 e. The van der Waals surface area contributed by atoms with Crippen molar-refractivity contribution in [1.82, 2.24) is 0 Å². The van der Waals surface area contributed by atoms with Crippen LogP contribution in [0.3, 0.4) is 0 Å². The topological polar surface area (TPSA) is 72.2 Å². The van der Waals surface area contributed by atoms with Gasteiger partial charge in [-0.15, -0.1) is 0 Å². The third-order valence-electron chi connectivity index (χ3n) is 2.04. The molecular weight excluding hydrogens is 315 g/mol. The third-order valence-corrected chi connectivity index (χ3v) is 2.35. The third kappa shape index (κ3) is 3.13. The summed E-state index contributed by atoms with van der Waals surface area (Å²) in [7, 11) is 0. The van der Waals surface area contributed by atoms with Crippen LogP contribution < -0.4 is 5.32 Å². The quantitative estimate of drug-likeness (QED) is 0.527. The van der Waals surface area contributed by atoms with Crippen molar-refractivity contribution in [3.05, 3.63) is 33.3 Å². The lowest BCUT2D eigenvalue weighted by Crippen LogP contribution is -2.47. The van der Waals surface area contributed by atoms with E-state index >= 15 is 0 Å². The van der Waals surface area contributed by atoms with Gasteiger partial charge in [0, 0.05) is 11.8 Å². The second kappa shape index (κ2) is 5.19. The summed E-state index contributed by atoms with van der Waals surface area (Å²) in [6.45, 7) is 0. The van der Waals surface area contributed by atoms with Crippen molar-refractivity contribution in [2.45, 2.75) is 12.1 Å². The number of nitro groups is 1. The summed E-state index contributed by atoms with van der Waals surface area (Å²) in [5.74, 6) is -8.21. The van der Waals surface area contributed by atoms with Crippen molar-refractivity contribution < 1.29 is 31.7 Å². The summed E-state index contributed by atoms with van der Waals surface area (Å²) in [6.07, 6.45) is -6.05. The number of halogens is 6. The molecule has 1 aromatic rings. The molecule has 0 atom stereocenters. The van der Waals surface area contributed by atoms with Crippen LogP contribution in [0.25, 0.3) is 0 Å². The van der Waals surface area contributed by atoms with E-state index in [2.05, 4.69) is 0 Å². The fourth-order valence-electron chi connectivity index (χ4n) is 1.07. The van der Waals surface area contributed by atoms with Crippen LogP contribution in [0.5, 0.6) is 0 Å². The summed E-state index contributed by atoms with van der Waals surface area (Å²) in [5.41, 5.74) is -1.12. The lowest BCUT2D eigenvalue weighted by Gasteiger charge is -2.18. The highest BCUT2D eigenvalue weighted by molar-refractivity contribution is 6.33. The Labute approximate surface area is 112 Å². The molecule has 1 amide bonds. The molecule has 0 aromatic heterocycles. The molecule has 0 saturated heterocycles. The number of amides is 1. The molecule has 0 bridgehead atoms. The number of nitrogens with one attached hydrogen (secondary N) is 1. The summed E-state index contributed by atoms with van der Waals surface area (Å²) in [5, 5.41) is 11.2. The average molecular weight is 319 g/mol. The van der Waals surface area contributed by atoms with E-state index in [0.717, 1.165) is 12.1 Å². The Kier molecular flexibility index (Phi) is 4.18. The van der Waals surface area contributed by atoms with Gasteiger partial charge >= 0.3 is 18.0 Å². The molecule has 1 rings (SSSR count). The lowest BCUT2D eigenvalue weighted by molar-refractivity contribution is -0.384. The molecule has 1 N–H and O–H groups in total. The van der Waals surface area contributed by atoms with Gasteiger partial charge in [0.05, 0.1) is 4.92 Å². The van der Waals surface area contributed by atoms with E-state index in [0.29, 0.717) is 6.07 Å². The van der Waals surface area contributed by atoms with Crippen molar-refractivity contribution in [3.8, 4) is 0 Å². The zero-order chi connectivity index (χ0) is 15.7. The maximum absolute atomic E-state index is 12.6. The fourth-order valence-corrected chi connectivity index (χ4v) is 1.32. The summed E-state index contributed by atoms with van der Waals surface area (Å²) >= 11 is 5.41. The van der Waals surface area contributed by atoms with Crippen molar-refractivity contribution in [3.63, 3.8) is 0 Å². The van der Waals surface area contributed by atoms with Crippen LogP contribution in [-0.4, -0.2) is 22.9 Å². The van der Waals surface area contributed by atoms with Crippen molar-refractivity contribution in [1.29, 1.82) is 0 Å². The van der Waals surface area contributed by atoms with Gasteiger partial charge in [0.1, 0.15) is 5.02 Å². The fraction of sp³-hybridized carbons (Fsp3) is 0.222. The van der Waals surface area contributed by atoms with E-state index in [1.807, 2.05) is 0 Å². The van der Waals surface area contributed by atoms with Gasteiger partial charge in [-0.1, -0.05) is 11.6 Å². The first-order chi connectivity index (χ1) is 8.96. The molecule has 0 heterocycles. The Morgan fingerprint density at radius 1 is 1.25 bits per heavy atom. The van der Waals surface area contributed by atoms with Crippen LogP contribution in [0.2, 0.25) is 5.02 Å². The van der Waals surface area contributed by atoms with Gasteiger partial charge in [-0.05, 0) is 12.1 Å². The molecule has 1 aromatic carbocycles. The lowest BCUT2D eigenvalue weighted by atomic mass is 10.2. The highest BCUT2D eigenvalue weighted by Gasteiger charge is 2.63. The first-order valence-corrected chi connectivity index (χ1v) is 5.04. The van der Waals surface area contributed by atoms with Crippen LogP contribution in [0, 0.1) is 10.1 Å². The first-order valence-electron chi connectivity index (χ1n) is 4.66. The van der Waals surface area contributed by atoms with Gasteiger partial charge < -0.3 is 5.32 Å². The van der Waals surface area contributed by atoms with E-state index in [-0.39, 0.29) is 0 Å². The van der Waals surface area contributed by atoms with Gasteiger partial charge in [0.2, 0.25) is 0 Å². The van der Waals surface area contributed by atoms with Gasteiger partial charge in [0.15, 0.2) is 0 Å². The molecule has 0 aliphatic rings. The number of carbonyl (C=O) groups is 1. The van der Waals surface area contributed by atoms with Crippen molar-refractivity contribution in [2.75, 3.05) is 5.32 Å². The van der Waals surface area contributed by atoms with Crippen LogP contribution in [0.15, 0.2) is 18.2 Å². The van der Waals surface area contributed by atoms with Gasteiger partial charge in [-0.25, -0.2) is 0 Å². The molecule has 0 unspecified atom stereocenters. The number of nitrogens with zero attached hydrogens (tertiary/aromatic N) is 1. The number of carbonyl (C=O) groups excluding carboxylic acids is 1. The maximum Gasteiger partial charge on any atom is 0.463 e. The Hall–Kier alpha value is -1.97. The van der Waals surface area contributed by atoms with Crippen LogP contribution in [0.1, 0.15) is 0 Å². The monoisotopic (exact) mass is 318 g/mol. The minimum Gasteiger partial charge on any atom is -0.320 e. The predicted octanol–water partition coefficient (Wildman–Crippen LogP) is 3.38. The second-order valence-electron chi connectivity index (χ2n) is 3.45. The SMILES string of the molecule is O=C(Nc1ccc([N+](=O)[O-])c(Cl)c1)C(F)(F)C(F)(F)F. The van der Waals surface area contributed by atoms with Crippen molar-refractivity contribution >= 4 is 28.9 Å². The minimum absolute atomic E-state index is 0.525. The number of nitro benzene ring substituents is 1. The number of benzene rings is 1. The molecule has 110 valence electrons. The standard InChI is InChI=1S/C9H4ClF5N2O3/c10-5-3-4(1-2-6(5)17(19)20)16-7(18)8(11,12)9(13,14)15/h1-3H,(H,16,18). The molecule has 0 aliphatic carbocycles. The van der Waals surface area contributed by atoms with Gasteiger partial charge in [-0.2, -0.15) is 22.0 Å². The van der Waals surface area contributed by atoms with Crippen LogP contribution >= 0.6 is 11.6 Å². The number of hydrogen-bond donors (Lipinski definition) is 1. The maximum atomic E-state index is 12.6. The highest BCUT2D eigenvalue weighted by Crippen LogP contribution is 2.36. The molecular formula is C9H4ClF5N2O3. The molecule has 11 heteroatoms. The van der Waals surface area contributed by atoms with Gasteiger partial charge in [0.25, 0.3) is 5.69 Å². The zero-order valence-corrected chi connectivity index (χ0v) is 9.93. The Morgan fingerprint density at radius 3 is 2.20 bits per heavy atom. The Balaban J connectivity index is 2.98. The van der Waals surface area contributed by atoms with E-state index in [4.69, 9.17) is 11.6 Å². The molecule has 5 nitrogen and oxygen atoms in total. The van der Waals surface area contributed by atoms with Crippen LogP contribution in [-0.2, 0) is 4.79 Å². The van der Waals surface area contributed by atoms with Gasteiger partial charge in [-0.3, -0.25) is 14.9 Å². The number of anilines is 1. The van der Waals surface area contributed by atoms with E-state index in [9.17, 15) is 36.9 Å². The largest absolute Gasteiger partial charge is 0.463 e. The van der Waals surface area contributed by atoms with Crippen LogP contribution in [0.4, 0.5) is 33.3 Å². The summed E-state index contributed by atoms with van der Waals surface area (Å²) < 4.78 is 61.0. The van der Waals surface area contributed by atoms with Crippen molar-refractivity contribution in [2.24, 2.45) is 0 Å². The normalized spacial score (nSPS) is 12.1. The number of hydrogen-bond acceptors (Lipinski definition) is 3. The minimum atomic E-state index is -6.05. The Morgan fingerprint density at radius 2 is 1.80 bits per heavy atom. The number of rotatable bonds is 3. The second-order valence-corrected chi connectivity index (χ2v) is 3.86. The molecule has 0 spiro atoms. The number of alkyl halides is 5. The molecule has 0 radical (unpaired) electrons. The molecule has 20 heavy (non-hydrogen) atoms. The molecule has 0 fully saturated rings. The van der Waals surface area contributed by atoms with E-state index in [1.165, 1.54) is 5.32 Å². The summed E-state index contributed by atoms with van der Waals surface area (Å²) in [4.78, 5) is 20.4. The van der Waals surface area contributed by atoms with E-state index in [1.54, 1.807) is 0 Å². The van der Waals surface area contributed by atoms with E-state index < -0.39 is 39.3 Å². The average Bonchev–Trinajstić information content (AvgIpc) is 2.26.